The number of carbonyl (C=O) groups excluding carboxylic acids is 1. The number of methoxy groups -OCH3 is 1. The van der Waals surface area contributed by atoms with Gasteiger partial charge in [-0.15, -0.1) is 0 Å². The predicted octanol–water partition coefficient (Wildman–Crippen LogP) is 2.56. The maximum Gasteiger partial charge on any atom is 0.296 e. The molecular formula is C17H15BrN2O2. The number of benzene rings is 1. The van der Waals surface area contributed by atoms with Crippen LogP contribution in [0.5, 0.6) is 5.75 Å². The van der Waals surface area contributed by atoms with Crippen LogP contribution in [0.25, 0.3) is 0 Å². The zero-order valence-electron chi connectivity index (χ0n) is 12.1. The van der Waals surface area contributed by atoms with E-state index in [1.165, 1.54) is 0 Å². The van der Waals surface area contributed by atoms with Crippen molar-refractivity contribution >= 4 is 21.8 Å². The molecule has 0 fully saturated rings. The van der Waals surface area contributed by atoms with Gasteiger partial charge < -0.3 is 10.1 Å². The van der Waals surface area contributed by atoms with E-state index in [0.29, 0.717) is 13.0 Å². The molecule has 0 saturated heterocycles. The van der Waals surface area contributed by atoms with Gasteiger partial charge in [0.1, 0.15) is 5.75 Å². The normalized spacial score (nSPS) is 9.55. The SMILES string of the molecule is COc1ccc(C#CC(=O)NCCc2ccccn2)cc1Br. The first-order chi connectivity index (χ1) is 10.7. The lowest BCUT2D eigenvalue weighted by Crippen LogP contribution is -2.24. The van der Waals surface area contributed by atoms with Gasteiger partial charge in [0, 0.05) is 36.3 Å². The van der Waals surface area contributed by atoms with E-state index < -0.39 is 0 Å². The van der Waals surface area contributed by atoms with Gasteiger partial charge in [0.2, 0.25) is 0 Å². The highest BCUT2D eigenvalue weighted by atomic mass is 79.9. The predicted molar refractivity (Wildman–Crippen MR) is 88.5 cm³/mol. The molecule has 0 bridgehead atoms. The lowest BCUT2D eigenvalue weighted by Gasteiger charge is -2.02. The maximum atomic E-state index is 11.7. The Kier molecular flexibility index (Phi) is 5.99. The van der Waals surface area contributed by atoms with Crippen LogP contribution >= 0.6 is 15.9 Å². The van der Waals surface area contributed by atoms with Crippen LogP contribution in [0.3, 0.4) is 0 Å². The molecule has 0 saturated carbocycles. The molecule has 1 N–H and O–H groups in total. The van der Waals surface area contributed by atoms with Crippen LogP contribution in [0, 0.1) is 11.8 Å². The summed E-state index contributed by atoms with van der Waals surface area (Å²) in [4.78, 5) is 15.9. The largest absolute Gasteiger partial charge is 0.496 e. The number of halogens is 1. The van der Waals surface area contributed by atoms with Crippen LogP contribution in [0.1, 0.15) is 11.3 Å². The lowest BCUT2D eigenvalue weighted by atomic mass is 10.2. The van der Waals surface area contributed by atoms with Gasteiger partial charge in [-0.1, -0.05) is 12.0 Å². The Morgan fingerprint density at radius 1 is 1.36 bits per heavy atom. The number of pyridine rings is 1. The first kappa shape index (κ1) is 16.1. The van der Waals surface area contributed by atoms with Gasteiger partial charge in [-0.2, -0.15) is 0 Å². The number of ether oxygens (including phenoxy) is 1. The number of hydrogen-bond acceptors (Lipinski definition) is 3. The number of aromatic nitrogens is 1. The minimum absolute atomic E-state index is 0.303. The third-order valence-electron chi connectivity index (χ3n) is 2.87. The van der Waals surface area contributed by atoms with Crippen LogP contribution in [-0.2, 0) is 11.2 Å². The highest BCUT2D eigenvalue weighted by Crippen LogP contribution is 2.24. The second kappa shape index (κ2) is 8.20. The molecule has 0 spiro atoms. The molecular weight excluding hydrogens is 344 g/mol. The van der Waals surface area contributed by atoms with Crippen molar-refractivity contribution in [2.24, 2.45) is 0 Å². The Bertz CT molecular complexity index is 706. The Balaban J connectivity index is 1.86. The fourth-order valence-electron chi connectivity index (χ4n) is 1.77. The van der Waals surface area contributed by atoms with E-state index in [4.69, 9.17) is 4.74 Å². The number of amides is 1. The first-order valence-corrected chi connectivity index (χ1v) is 7.51. The number of nitrogens with zero attached hydrogens (tertiary/aromatic N) is 1. The molecule has 0 atom stereocenters. The molecule has 1 aromatic heterocycles. The van der Waals surface area contributed by atoms with E-state index in [-0.39, 0.29) is 5.91 Å². The molecule has 22 heavy (non-hydrogen) atoms. The van der Waals surface area contributed by atoms with Crippen LogP contribution in [-0.4, -0.2) is 24.5 Å². The standard InChI is InChI=1S/C17H15BrN2O2/c1-22-16-7-5-13(12-15(16)18)6-8-17(21)20-11-9-14-4-2-3-10-19-14/h2-5,7,10,12H,9,11H2,1H3,(H,20,21). The summed E-state index contributed by atoms with van der Waals surface area (Å²) in [5.74, 6) is 5.81. The Morgan fingerprint density at radius 2 is 2.23 bits per heavy atom. The van der Waals surface area contributed by atoms with Crippen molar-refractivity contribution in [3.63, 3.8) is 0 Å². The summed E-state index contributed by atoms with van der Waals surface area (Å²) in [6, 6.07) is 11.1. The van der Waals surface area contributed by atoms with Crippen molar-refractivity contribution in [3.05, 3.63) is 58.3 Å². The molecule has 1 amide bonds. The average Bonchev–Trinajstić information content (AvgIpc) is 2.54. The molecule has 4 nitrogen and oxygen atoms in total. The summed E-state index contributed by atoms with van der Waals surface area (Å²) in [7, 11) is 1.60. The maximum absolute atomic E-state index is 11.7. The van der Waals surface area contributed by atoms with Gasteiger partial charge in [-0.25, -0.2) is 0 Å². The van der Waals surface area contributed by atoms with Gasteiger partial charge in [0.25, 0.3) is 5.91 Å². The Hall–Kier alpha value is -2.32. The van der Waals surface area contributed by atoms with Gasteiger partial charge in [-0.3, -0.25) is 9.78 Å². The van der Waals surface area contributed by atoms with E-state index in [0.717, 1.165) is 21.5 Å². The second-order valence-corrected chi connectivity index (χ2v) is 5.28. The Labute approximate surface area is 138 Å². The molecule has 1 heterocycles. The number of carbonyl (C=O) groups is 1. The fraction of sp³-hybridized carbons (Fsp3) is 0.176. The molecule has 2 aromatic rings. The molecule has 0 aliphatic carbocycles. The third-order valence-corrected chi connectivity index (χ3v) is 3.48. The molecule has 0 aliphatic heterocycles. The van der Waals surface area contributed by atoms with Gasteiger partial charge in [-0.05, 0) is 46.3 Å². The van der Waals surface area contributed by atoms with Crippen molar-refractivity contribution in [1.29, 1.82) is 0 Å². The van der Waals surface area contributed by atoms with Gasteiger partial charge >= 0.3 is 0 Å². The minimum Gasteiger partial charge on any atom is -0.496 e. The van der Waals surface area contributed by atoms with Crippen molar-refractivity contribution in [2.75, 3.05) is 13.7 Å². The van der Waals surface area contributed by atoms with E-state index in [1.54, 1.807) is 25.4 Å². The van der Waals surface area contributed by atoms with Crippen LogP contribution in [0.4, 0.5) is 0 Å². The summed E-state index contributed by atoms with van der Waals surface area (Å²) >= 11 is 3.38. The summed E-state index contributed by atoms with van der Waals surface area (Å²) < 4.78 is 5.94. The van der Waals surface area contributed by atoms with Crippen molar-refractivity contribution in [1.82, 2.24) is 10.3 Å². The Morgan fingerprint density at radius 3 is 2.91 bits per heavy atom. The number of nitrogens with one attached hydrogen (secondary N) is 1. The van der Waals surface area contributed by atoms with Gasteiger partial charge in [0.15, 0.2) is 0 Å². The quantitative estimate of drug-likeness (QED) is 0.854. The molecule has 0 radical (unpaired) electrons. The molecule has 2 rings (SSSR count). The van der Waals surface area contributed by atoms with Crippen LogP contribution in [0.15, 0.2) is 47.1 Å². The third kappa shape index (κ3) is 4.90. The molecule has 112 valence electrons. The number of hydrogen-bond donors (Lipinski definition) is 1. The van der Waals surface area contributed by atoms with Crippen LogP contribution in [0.2, 0.25) is 0 Å². The monoisotopic (exact) mass is 358 g/mol. The first-order valence-electron chi connectivity index (χ1n) is 6.72. The summed E-state index contributed by atoms with van der Waals surface area (Å²) in [6.45, 7) is 0.511. The molecule has 0 aliphatic rings. The molecule has 1 aromatic carbocycles. The lowest BCUT2D eigenvalue weighted by molar-refractivity contribution is -0.115. The highest BCUT2D eigenvalue weighted by molar-refractivity contribution is 9.10. The summed E-state index contributed by atoms with van der Waals surface area (Å²) in [6.07, 6.45) is 2.42. The smallest absolute Gasteiger partial charge is 0.296 e. The highest BCUT2D eigenvalue weighted by Gasteiger charge is 2.00. The average molecular weight is 359 g/mol. The summed E-state index contributed by atoms with van der Waals surface area (Å²) in [5.41, 5.74) is 1.68. The second-order valence-electron chi connectivity index (χ2n) is 4.43. The van der Waals surface area contributed by atoms with Crippen LogP contribution < -0.4 is 10.1 Å². The summed E-state index contributed by atoms with van der Waals surface area (Å²) in [5, 5.41) is 2.75. The minimum atomic E-state index is -0.303. The van der Waals surface area contributed by atoms with E-state index >= 15 is 0 Å². The van der Waals surface area contributed by atoms with Crippen molar-refractivity contribution in [2.45, 2.75) is 6.42 Å². The van der Waals surface area contributed by atoms with Crippen molar-refractivity contribution in [3.8, 4) is 17.6 Å². The molecule has 5 heteroatoms. The van der Waals surface area contributed by atoms with E-state index in [2.05, 4.69) is 38.1 Å². The zero-order chi connectivity index (χ0) is 15.8. The fourth-order valence-corrected chi connectivity index (χ4v) is 2.31. The topological polar surface area (TPSA) is 51.2 Å². The molecule has 0 unspecified atom stereocenters. The van der Waals surface area contributed by atoms with Crippen molar-refractivity contribution < 1.29 is 9.53 Å². The van der Waals surface area contributed by atoms with Gasteiger partial charge in [0.05, 0.1) is 11.6 Å². The zero-order valence-corrected chi connectivity index (χ0v) is 13.7. The van der Waals surface area contributed by atoms with E-state index in [1.807, 2.05) is 24.3 Å². The number of rotatable bonds is 4. The van der Waals surface area contributed by atoms with E-state index in [9.17, 15) is 4.79 Å².